The summed E-state index contributed by atoms with van der Waals surface area (Å²) in [6.45, 7) is 8.93. The van der Waals surface area contributed by atoms with Crippen molar-refractivity contribution in [1.82, 2.24) is 25.0 Å². The number of carbonyl (C=O) groups excluding carboxylic acids is 1. The molecule has 2 atom stereocenters. The molecule has 2 saturated heterocycles. The van der Waals surface area contributed by atoms with E-state index in [-0.39, 0.29) is 6.03 Å². The first kappa shape index (κ1) is 20.2. The van der Waals surface area contributed by atoms with Gasteiger partial charge >= 0.3 is 6.03 Å². The van der Waals surface area contributed by atoms with Gasteiger partial charge in [-0.15, -0.1) is 10.2 Å². The van der Waals surface area contributed by atoms with Crippen LogP contribution in [0.3, 0.4) is 0 Å². The summed E-state index contributed by atoms with van der Waals surface area (Å²) in [5.74, 6) is 0.633. The lowest BCUT2D eigenvalue weighted by molar-refractivity contribution is -0.0728. The van der Waals surface area contributed by atoms with Gasteiger partial charge in [-0.25, -0.2) is 4.79 Å². The normalized spacial score (nSPS) is 23.9. The van der Waals surface area contributed by atoms with Gasteiger partial charge in [0.15, 0.2) is 5.01 Å². The highest BCUT2D eigenvalue weighted by atomic mass is 32.1. The third kappa shape index (κ3) is 5.29. The van der Waals surface area contributed by atoms with Gasteiger partial charge in [0.2, 0.25) is 5.13 Å². The SMILES string of the molecule is CC1CN(CC2CCN(C(=O)Nc3nnc(-c4ccccn4)s3)CC2)CC(C)O1. The number of hydrogen-bond acceptors (Lipinski definition) is 7. The Balaban J connectivity index is 1.25. The summed E-state index contributed by atoms with van der Waals surface area (Å²) in [4.78, 5) is 21.3. The number of morpholine rings is 1. The van der Waals surface area contributed by atoms with E-state index < -0.39 is 0 Å². The first-order chi connectivity index (χ1) is 14.1. The first-order valence-corrected chi connectivity index (χ1v) is 11.1. The molecular formula is C20H28N6O2S. The van der Waals surface area contributed by atoms with Gasteiger partial charge < -0.3 is 9.64 Å². The highest BCUT2D eigenvalue weighted by Crippen LogP contribution is 2.25. The lowest BCUT2D eigenvalue weighted by Crippen LogP contribution is -2.49. The van der Waals surface area contributed by atoms with E-state index in [1.165, 1.54) is 11.3 Å². The molecular weight excluding hydrogens is 388 g/mol. The highest BCUT2D eigenvalue weighted by Gasteiger charge is 2.28. The van der Waals surface area contributed by atoms with E-state index in [1.54, 1.807) is 6.20 Å². The summed E-state index contributed by atoms with van der Waals surface area (Å²) in [6, 6.07) is 5.55. The van der Waals surface area contributed by atoms with Crippen LogP contribution in [0, 0.1) is 5.92 Å². The zero-order valence-corrected chi connectivity index (χ0v) is 17.8. The molecule has 29 heavy (non-hydrogen) atoms. The molecule has 2 unspecified atom stereocenters. The zero-order chi connectivity index (χ0) is 20.2. The van der Waals surface area contributed by atoms with E-state index in [4.69, 9.17) is 4.74 Å². The van der Waals surface area contributed by atoms with Crippen molar-refractivity contribution in [3.05, 3.63) is 24.4 Å². The number of ether oxygens (including phenoxy) is 1. The first-order valence-electron chi connectivity index (χ1n) is 10.3. The lowest BCUT2D eigenvalue weighted by atomic mass is 9.96. The Morgan fingerprint density at radius 3 is 2.66 bits per heavy atom. The van der Waals surface area contributed by atoms with Crippen LogP contribution in [-0.2, 0) is 4.74 Å². The van der Waals surface area contributed by atoms with E-state index in [1.807, 2.05) is 23.1 Å². The maximum Gasteiger partial charge on any atom is 0.323 e. The number of likely N-dealkylation sites (tertiary alicyclic amines) is 1. The molecule has 2 aromatic rings. The van der Waals surface area contributed by atoms with Gasteiger partial charge in [-0.2, -0.15) is 0 Å². The Morgan fingerprint density at radius 1 is 1.21 bits per heavy atom. The standard InChI is InChI=1S/C20H28N6O2S/c1-14-11-25(12-15(2)28-14)13-16-6-9-26(10-7-16)20(27)22-19-24-23-18(29-19)17-5-3-4-8-21-17/h3-5,8,14-16H,6-7,9-13H2,1-2H3,(H,22,24,27). The fourth-order valence-electron chi connectivity index (χ4n) is 4.15. The second-order valence-corrected chi connectivity index (χ2v) is 8.94. The van der Waals surface area contributed by atoms with Crippen LogP contribution in [0.25, 0.3) is 10.7 Å². The van der Waals surface area contributed by atoms with Crippen LogP contribution in [0.4, 0.5) is 9.93 Å². The number of pyridine rings is 1. The molecule has 9 heteroatoms. The molecule has 0 aliphatic carbocycles. The van der Waals surface area contributed by atoms with Gasteiger partial charge in [0, 0.05) is 38.9 Å². The van der Waals surface area contributed by atoms with Gasteiger partial charge in [-0.3, -0.25) is 15.2 Å². The molecule has 4 heterocycles. The van der Waals surface area contributed by atoms with Gasteiger partial charge in [0.05, 0.1) is 12.2 Å². The number of amides is 2. The maximum absolute atomic E-state index is 12.6. The van der Waals surface area contributed by atoms with Gasteiger partial charge in [0.25, 0.3) is 0 Å². The molecule has 8 nitrogen and oxygen atoms in total. The predicted molar refractivity (Wildman–Crippen MR) is 113 cm³/mol. The minimum Gasteiger partial charge on any atom is -0.373 e. The number of urea groups is 1. The Bertz CT molecular complexity index is 798. The van der Waals surface area contributed by atoms with E-state index in [2.05, 4.69) is 39.2 Å². The smallest absolute Gasteiger partial charge is 0.323 e. The number of nitrogens with one attached hydrogen (secondary N) is 1. The Morgan fingerprint density at radius 2 is 1.97 bits per heavy atom. The molecule has 2 fully saturated rings. The summed E-state index contributed by atoms with van der Waals surface area (Å²) in [5, 5.41) is 12.3. The van der Waals surface area contributed by atoms with E-state index in [0.29, 0.717) is 28.3 Å². The van der Waals surface area contributed by atoms with Crippen molar-refractivity contribution < 1.29 is 9.53 Å². The molecule has 0 radical (unpaired) electrons. The van der Waals surface area contributed by atoms with E-state index >= 15 is 0 Å². The van der Waals surface area contributed by atoms with Crippen molar-refractivity contribution in [2.24, 2.45) is 5.92 Å². The Labute approximate surface area is 175 Å². The van der Waals surface area contributed by atoms with Crippen LogP contribution in [0.2, 0.25) is 0 Å². The average molecular weight is 417 g/mol. The van der Waals surface area contributed by atoms with E-state index in [0.717, 1.165) is 51.3 Å². The van der Waals surface area contributed by atoms with Crippen LogP contribution in [0.5, 0.6) is 0 Å². The second-order valence-electron chi connectivity index (χ2n) is 7.96. The van der Waals surface area contributed by atoms with Crippen molar-refractivity contribution in [3.63, 3.8) is 0 Å². The molecule has 0 spiro atoms. The van der Waals surface area contributed by atoms with Gasteiger partial charge in [-0.05, 0) is 44.7 Å². The topological polar surface area (TPSA) is 83.5 Å². The van der Waals surface area contributed by atoms with Gasteiger partial charge in [-0.1, -0.05) is 17.4 Å². The number of carbonyl (C=O) groups is 1. The fraction of sp³-hybridized carbons (Fsp3) is 0.600. The lowest BCUT2D eigenvalue weighted by Gasteiger charge is -2.39. The monoisotopic (exact) mass is 416 g/mol. The molecule has 2 amide bonds. The number of nitrogens with zero attached hydrogens (tertiary/aromatic N) is 5. The molecule has 2 aliphatic rings. The Hall–Kier alpha value is -2.10. The molecule has 0 saturated carbocycles. The number of rotatable bonds is 4. The summed E-state index contributed by atoms with van der Waals surface area (Å²) in [7, 11) is 0. The fourth-order valence-corrected chi connectivity index (χ4v) is 4.86. The van der Waals surface area contributed by atoms with Crippen LogP contribution in [0.1, 0.15) is 26.7 Å². The molecule has 4 rings (SSSR count). The third-order valence-corrected chi connectivity index (χ3v) is 6.30. The number of aromatic nitrogens is 3. The second kappa shape index (κ2) is 9.15. The highest BCUT2D eigenvalue weighted by molar-refractivity contribution is 7.18. The molecule has 2 aromatic heterocycles. The van der Waals surface area contributed by atoms with Crippen molar-refractivity contribution >= 4 is 22.5 Å². The summed E-state index contributed by atoms with van der Waals surface area (Å²) < 4.78 is 5.82. The minimum absolute atomic E-state index is 0.0965. The minimum atomic E-state index is -0.0965. The largest absolute Gasteiger partial charge is 0.373 e. The van der Waals surface area contributed by atoms with Gasteiger partial charge in [0.1, 0.15) is 5.69 Å². The molecule has 0 bridgehead atoms. The summed E-state index contributed by atoms with van der Waals surface area (Å²) >= 11 is 1.34. The predicted octanol–water partition coefficient (Wildman–Crippen LogP) is 2.95. The molecule has 1 N–H and O–H groups in total. The zero-order valence-electron chi connectivity index (χ0n) is 17.0. The van der Waals surface area contributed by atoms with Crippen molar-refractivity contribution in [2.75, 3.05) is 38.0 Å². The van der Waals surface area contributed by atoms with Crippen LogP contribution < -0.4 is 5.32 Å². The third-order valence-electron chi connectivity index (χ3n) is 5.44. The van der Waals surface area contributed by atoms with Crippen LogP contribution in [0.15, 0.2) is 24.4 Å². The van der Waals surface area contributed by atoms with E-state index in [9.17, 15) is 4.79 Å². The van der Waals surface area contributed by atoms with Crippen molar-refractivity contribution in [2.45, 2.75) is 38.9 Å². The maximum atomic E-state index is 12.6. The summed E-state index contributed by atoms with van der Waals surface area (Å²) in [6.07, 6.45) is 4.38. The van der Waals surface area contributed by atoms with Crippen LogP contribution in [-0.4, -0.2) is 75.9 Å². The number of anilines is 1. The number of hydrogen-bond donors (Lipinski definition) is 1. The van der Waals surface area contributed by atoms with Crippen LogP contribution >= 0.6 is 11.3 Å². The van der Waals surface area contributed by atoms with Crippen molar-refractivity contribution in [1.29, 1.82) is 0 Å². The quantitative estimate of drug-likeness (QED) is 0.825. The molecule has 156 valence electrons. The van der Waals surface area contributed by atoms with Crippen molar-refractivity contribution in [3.8, 4) is 10.7 Å². The molecule has 2 aliphatic heterocycles. The number of piperidine rings is 1. The average Bonchev–Trinajstić information content (AvgIpc) is 3.17. The summed E-state index contributed by atoms with van der Waals surface area (Å²) in [5.41, 5.74) is 0.762. The Kier molecular flexibility index (Phi) is 6.37. The molecule has 0 aromatic carbocycles.